The van der Waals surface area contributed by atoms with Crippen molar-refractivity contribution >= 4 is 17.6 Å². The van der Waals surface area contributed by atoms with Crippen molar-refractivity contribution in [3.8, 4) is 29.0 Å². The maximum atomic E-state index is 12.0. The van der Waals surface area contributed by atoms with Crippen LogP contribution in [0.2, 0.25) is 5.02 Å². The number of carbonyl (C=O) groups excluding carboxylic acids is 1. The predicted molar refractivity (Wildman–Crippen MR) is 96.4 cm³/mol. The minimum atomic E-state index is -0.495. The van der Waals surface area contributed by atoms with E-state index in [4.69, 9.17) is 30.9 Å². The van der Waals surface area contributed by atoms with Gasteiger partial charge in [0.05, 0.1) is 30.2 Å². The summed E-state index contributed by atoms with van der Waals surface area (Å²) in [5.74, 6) is 1.18. The minimum Gasteiger partial charge on any atom is -0.497 e. The second kappa shape index (κ2) is 8.34. The number of benzene rings is 2. The molecule has 0 N–H and O–H groups in total. The number of hydrogen-bond acceptors (Lipinski definition) is 7. The van der Waals surface area contributed by atoms with E-state index in [1.54, 1.807) is 19.2 Å². The molecule has 27 heavy (non-hydrogen) atoms. The van der Waals surface area contributed by atoms with Crippen LogP contribution in [0.15, 0.2) is 47.0 Å². The third-order valence-corrected chi connectivity index (χ3v) is 3.94. The molecule has 0 aliphatic carbocycles. The molecule has 0 spiro atoms. The van der Waals surface area contributed by atoms with Crippen LogP contribution in [0.4, 0.5) is 0 Å². The molecule has 0 unspecified atom stereocenters. The molecule has 0 amide bonds. The number of ether oxygens (including phenoxy) is 2. The van der Waals surface area contributed by atoms with Gasteiger partial charge in [0.25, 0.3) is 0 Å². The van der Waals surface area contributed by atoms with Crippen molar-refractivity contribution in [2.24, 2.45) is 0 Å². The van der Waals surface area contributed by atoms with Crippen LogP contribution in [0.1, 0.15) is 17.9 Å². The molecule has 2 aromatic carbocycles. The molecule has 8 heteroatoms. The molecule has 0 fully saturated rings. The van der Waals surface area contributed by atoms with Crippen LogP contribution in [0, 0.1) is 11.3 Å². The number of nitrogens with zero attached hydrogens (tertiary/aromatic N) is 3. The number of aryl methyl sites for hydroxylation is 1. The maximum absolute atomic E-state index is 12.0. The first-order valence-electron chi connectivity index (χ1n) is 7.96. The normalized spacial score (nSPS) is 10.3. The molecule has 0 saturated heterocycles. The molecule has 0 bridgehead atoms. The van der Waals surface area contributed by atoms with Crippen molar-refractivity contribution in [3.63, 3.8) is 0 Å². The summed E-state index contributed by atoms with van der Waals surface area (Å²) in [4.78, 5) is 16.3. The third kappa shape index (κ3) is 4.63. The Morgan fingerprint density at radius 3 is 2.70 bits per heavy atom. The van der Waals surface area contributed by atoms with Crippen molar-refractivity contribution < 1.29 is 18.8 Å². The molecule has 0 radical (unpaired) electrons. The maximum Gasteiger partial charge on any atom is 0.311 e. The van der Waals surface area contributed by atoms with E-state index in [1.165, 1.54) is 18.2 Å². The van der Waals surface area contributed by atoms with Gasteiger partial charge in [0, 0.05) is 12.0 Å². The highest BCUT2D eigenvalue weighted by Crippen LogP contribution is 2.26. The van der Waals surface area contributed by atoms with Crippen molar-refractivity contribution in [3.05, 3.63) is 58.9 Å². The summed E-state index contributed by atoms with van der Waals surface area (Å²) >= 11 is 5.98. The molecular weight excluding hydrogens is 370 g/mol. The van der Waals surface area contributed by atoms with Crippen LogP contribution in [0.25, 0.3) is 11.4 Å². The molecule has 3 rings (SSSR count). The molecule has 136 valence electrons. The lowest BCUT2D eigenvalue weighted by Gasteiger charge is -2.05. The number of aromatic nitrogens is 2. The summed E-state index contributed by atoms with van der Waals surface area (Å²) < 4.78 is 15.5. The predicted octanol–water partition coefficient (Wildman–Crippen LogP) is 3.81. The van der Waals surface area contributed by atoms with Crippen molar-refractivity contribution in [2.45, 2.75) is 12.8 Å². The summed E-state index contributed by atoms with van der Waals surface area (Å²) in [6.07, 6.45) is 0.274. The van der Waals surface area contributed by atoms with Crippen molar-refractivity contribution in [1.29, 1.82) is 5.26 Å². The fraction of sp³-hybridized carbons (Fsp3) is 0.158. The Bertz CT molecular complexity index is 993. The van der Waals surface area contributed by atoms with Crippen LogP contribution in [-0.4, -0.2) is 23.2 Å². The highest BCUT2D eigenvalue weighted by molar-refractivity contribution is 6.32. The van der Waals surface area contributed by atoms with Gasteiger partial charge in [-0.25, -0.2) is 0 Å². The van der Waals surface area contributed by atoms with Crippen LogP contribution < -0.4 is 9.47 Å². The van der Waals surface area contributed by atoms with E-state index < -0.39 is 5.97 Å². The molecule has 0 aliphatic rings. The molecule has 1 heterocycles. The number of hydrogen-bond donors (Lipinski definition) is 0. The van der Waals surface area contributed by atoms with Gasteiger partial charge in [0.1, 0.15) is 11.5 Å². The molecule has 7 nitrogen and oxygen atoms in total. The van der Waals surface area contributed by atoms with E-state index in [1.807, 2.05) is 18.2 Å². The second-order valence-corrected chi connectivity index (χ2v) is 5.88. The largest absolute Gasteiger partial charge is 0.497 e. The van der Waals surface area contributed by atoms with Crippen LogP contribution in [0.3, 0.4) is 0 Å². The van der Waals surface area contributed by atoms with Crippen LogP contribution in [0.5, 0.6) is 11.5 Å². The van der Waals surface area contributed by atoms with Gasteiger partial charge in [-0.15, -0.1) is 0 Å². The Kier molecular flexibility index (Phi) is 5.69. The fourth-order valence-corrected chi connectivity index (χ4v) is 2.47. The van der Waals surface area contributed by atoms with Gasteiger partial charge in [0.15, 0.2) is 0 Å². The molecule has 0 atom stereocenters. The second-order valence-electron chi connectivity index (χ2n) is 5.47. The Morgan fingerprint density at radius 1 is 1.26 bits per heavy atom. The fourth-order valence-electron chi connectivity index (χ4n) is 2.25. The number of methoxy groups -OCH3 is 1. The van der Waals surface area contributed by atoms with E-state index in [2.05, 4.69) is 10.1 Å². The smallest absolute Gasteiger partial charge is 0.311 e. The molecular formula is C19H14ClN3O4. The summed E-state index contributed by atoms with van der Waals surface area (Å²) in [5, 5.41) is 12.9. The summed E-state index contributed by atoms with van der Waals surface area (Å²) in [7, 11) is 1.59. The third-order valence-electron chi connectivity index (χ3n) is 3.64. The highest BCUT2D eigenvalue weighted by Gasteiger charge is 2.13. The molecule has 0 saturated carbocycles. The molecule has 3 aromatic rings. The van der Waals surface area contributed by atoms with Gasteiger partial charge < -0.3 is 14.0 Å². The average molecular weight is 384 g/mol. The first-order chi connectivity index (χ1) is 13.1. The highest BCUT2D eigenvalue weighted by atomic mass is 35.5. The first kappa shape index (κ1) is 18.4. The number of halogens is 1. The quantitative estimate of drug-likeness (QED) is 0.471. The van der Waals surface area contributed by atoms with Gasteiger partial charge >= 0.3 is 5.97 Å². The minimum absolute atomic E-state index is 0.0422. The van der Waals surface area contributed by atoms with E-state index in [-0.39, 0.29) is 23.6 Å². The zero-order valence-electron chi connectivity index (χ0n) is 14.3. The first-order valence-corrected chi connectivity index (χ1v) is 8.34. The van der Waals surface area contributed by atoms with Crippen molar-refractivity contribution in [2.75, 3.05) is 7.11 Å². The summed E-state index contributed by atoms with van der Waals surface area (Å²) in [5.41, 5.74) is 1.16. The summed E-state index contributed by atoms with van der Waals surface area (Å²) in [6, 6.07) is 13.6. The van der Waals surface area contributed by atoms with E-state index in [0.717, 1.165) is 11.3 Å². The zero-order valence-corrected chi connectivity index (χ0v) is 15.1. The Morgan fingerprint density at radius 2 is 2.04 bits per heavy atom. The monoisotopic (exact) mass is 383 g/mol. The lowest BCUT2D eigenvalue weighted by molar-refractivity contribution is -0.134. The Hall–Kier alpha value is -3.37. The van der Waals surface area contributed by atoms with Crippen LogP contribution >= 0.6 is 11.6 Å². The van der Waals surface area contributed by atoms with Gasteiger partial charge in [0.2, 0.25) is 11.7 Å². The number of carbonyl (C=O) groups is 1. The Labute approximate surface area is 160 Å². The van der Waals surface area contributed by atoms with Crippen molar-refractivity contribution in [1.82, 2.24) is 10.1 Å². The number of nitriles is 1. The summed E-state index contributed by atoms with van der Waals surface area (Å²) in [6.45, 7) is 0. The average Bonchev–Trinajstić information content (AvgIpc) is 3.17. The van der Waals surface area contributed by atoms with Gasteiger partial charge in [-0.2, -0.15) is 10.2 Å². The SMILES string of the molecule is COc1ccc(-c2noc(CCC(=O)Oc3ccc(C#N)cc3Cl)n2)cc1. The van der Waals surface area contributed by atoms with Gasteiger partial charge in [-0.1, -0.05) is 16.8 Å². The van der Waals surface area contributed by atoms with Gasteiger partial charge in [-0.05, 0) is 42.5 Å². The number of rotatable bonds is 6. The van der Waals surface area contributed by atoms with E-state index in [9.17, 15) is 4.79 Å². The lowest BCUT2D eigenvalue weighted by Crippen LogP contribution is -2.09. The zero-order chi connectivity index (χ0) is 19.2. The standard InChI is InChI=1S/C19H14ClN3O4/c1-25-14-5-3-13(4-6-14)19-22-17(27-23-19)8-9-18(24)26-16-7-2-12(11-21)10-15(16)20/h2-7,10H,8-9H2,1H3. The topological polar surface area (TPSA) is 98.2 Å². The molecule has 0 aliphatic heterocycles. The lowest BCUT2D eigenvalue weighted by atomic mass is 10.2. The van der Waals surface area contributed by atoms with E-state index in [0.29, 0.717) is 17.3 Å². The van der Waals surface area contributed by atoms with Gasteiger partial charge in [-0.3, -0.25) is 4.79 Å². The van der Waals surface area contributed by atoms with Crippen LogP contribution in [-0.2, 0) is 11.2 Å². The Balaban J connectivity index is 1.58. The van der Waals surface area contributed by atoms with E-state index >= 15 is 0 Å². The molecule has 1 aromatic heterocycles. The number of esters is 1.